The molecule has 1 N–H and O–H groups in total. The Morgan fingerprint density at radius 2 is 1.76 bits per heavy atom. The van der Waals surface area contributed by atoms with Gasteiger partial charge < -0.3 is 10.2 Å². The van der Waals surface area contributed by atoms with Gasteiger partial charge in [-0.1, -0.05) is 30.3 Å². The zero-order valence-corrected chi connectivity index (χ0v) is 18.1. The minimum atomic E-state index is -4.53. The van der Waals surface area contributed by atoms with Gasteiger partial charge in [-0.15, -0.1) is 0 Å². The average Bonchev–Trinajstić information content (AvgIpc) is 2.82. The van der Waals surface area contributed by atoms with Crippen molar-refractivity contribution < 1.29 is 18.0 Å². The Kier molecular flexibility index (Phi) is 6.23. The summed E-state index contributed by atoms with van der Waals surface area (Å²) in [6.45, 7) is 0. The number of anilines is 1. The first-order valence-corrected chi connectivity index (χ1v) is 10.8. The van der Waals surface area contributed by atoms with Crippen LogP contribution in [0.25, 0.3) is 10.9 Å². The summed E-state index contributed by atoms with van der Waals surface area (Å²) in [5.41, 5.74) is 0.588. The molecular weight excluding hydrogens is 429 g/mol. The Morgan fingerprint density at radius 1 is 1.09 bits per heavy atom. The average molecular weight is 452 g/mol. The molecule has 4 rings (SSSR count). The van der Waals surface area contributed by atoms with Crippen molar-refractivity contribution in [2.75, 3.05) is 11.9 Å². The number of alkyl halides is 3. The lowest BCUT2D eigenvalue weighted by Crippen LogP contribution is -2.43. The van der Waals surface area contributed by atoms with Crippen LogP contribution in [-0.4, -0.2) is 30.0 Å². The SMILES string of the molecule is CN(c1cc(C(F)(F)F)nc2ccccc12)C1CCC(NC(=O)c2ccccc2C#N)CC1. The third-order valence-corrected chi connectivity index (χ3v) is 6.24. The van der Waals surface area contributed by atoms with Gasteiger partial charge in [-0.2, -0.15) is 18.4 Å². The third-order valence-electron chi connectivity index (χ3n) is 6.24. The van der Waals surface area contributed by atoms with E-state index in [4.69, 9.17) is 0 Å². The van der Waals surface area contributed by atoms with Crippen LogP contribution in [0.1, 0.15) is 47.3 Å². The number of carbonyl (C=O) groups is 1. The zero-order chi connectivity index (χ0) is 23.6. The molecule has 0 aliphatic heterocycles. The smallest absolute Gasteiger partial charge is 0.371 e. The van der Waals surface area contributed by atoms with E-state index in [0.29, 0.717) is 40.6 Å². The zero-order valence-electron chi connectivity index (χ0n) is 18.1. The summed E-state index contributed by atoms with van der Waals surface area (Å²) >= 11 is 0. The first kappa shape index (κ1) is 22.6. The van der Waals surface area contributed by atoms with Crippen LogP contribution in [0.15, 0.2) is 54.6 Å². The number of benzene rings is 2. The first-order chi connectivity index (χ1) is 15.8. The van der Waals surface area contributed by atoms with Gasteiger partial charge in [-0.3, -0.25) is 4.79 Å². The van der Waals surface area contributed by atoms with Gasteiger partial charge in [-0.05, 0) is 49.9 Å². The Labute approximate surface area is 189 Å². The molecule has 3 aromatic rings. The molecule has 0 saturated heterocycles. The molecule has 0 unspecified atom stereocenters. The molecule has 1 aliphatic carbocycles. The monoisotopic (exact) mass is 452 g/mol. The summed E-state index contributed by atoms with van der Waals surface area (Å²) < 4.78 is 40.3. The number of fused-ring (bicyclic) bond motifs is 1. The molecule has 0 spiro atoms. The Bertz CT molecular complexity index is 1210. The highest BCUT2D eigenvalue weighted by molar-refractivity contribution is 5.96. The van der Waals surface area contributed by atoms with Crippen molar-refractivity contribution in [1.29, 1.82) is 5.26 Å². The van der Waals surface area contributed by atoms with E-state index in [1.165, 1.54) is 0 Å². The van der Waals surface area contributed by atoms with Crippen LogP contribution in [0.2, 0.25) is 0 Å². The molecule has 2 aromatic carbocycles. The molecule has 5 nitrogen and oxygen atoms in total. The number of halogens is 3. The molecule has 0 bridgehead atoms. The molecule has 8 heteroatoms. The lowest BCUT2D eigenvalue weighted by atomic mass is 9.89. The lowest BCUT2D eigenvalue weighted by Gasteiger charge is -2.37. The van der Waals surface area contributed by atoms with E-state index in [-0.39, 0.29) is 18.0 Å². The van der Waals surface area contributed by atoms with Crippen molar-refractivity contribution in [1.82, 2.24) is 10.3 Å². The predicted octanol–water partition coefficient (Wildman–Crippen LogP) is 5.30. The van der Waals surface area contributed by atoms with Crippen LogP contribution in [0, 0.1) is 11.3 Å². The normalized spacial score (nSPS) is 18.5. The molecule has 0 atom stereocenters. The number of aromatic nitrogens is 1. The van der Waals surface area contributed by atoms with E-state index >= 15 is 0 Å². The molecule has 170 valence electrons. The summed E-state index contributed by atoms with van der Waals surface area (Å²) in [6.07, 6.45) is -1.69. The van der Waals surface area contributed by atoms with E-state index < -0.39 is 11.9 Å². The topological polar surface area (TPSA) is 69.0 Å². The summed E-state index contributed by atoms with van der Waals surface area (Å²) in [5.74, 6) is -0.279. The Hall–Kier alpha value is -3.60. The van der Waals surface area contributed by atoms with Crippen molar-refractivity contribution in [3.05, 3.63) is 71.4 Å². The molecule has 1 aliphatic rings. The number of para-hydroxylation sites is 1. The summed E-state index contributed by atoms with van der Waals surface area (Å²) in [5, 5.41) is 12.9. The van der Waals surface area contributed by atoms with E-state index in [1.54, 1.807) is 48.5 Å². The van der Waals surface area contributed by atoms with Gasteiger partial charge in [-0.25, -0.2) is 4.98 Å². The van der Waals surface area contributed by atoms with Crippen molar-refractivity contribution in [2.24, 2.45) is 0 Å². The largest absolute Gasteiger partial charge is 0.433 e. The van der Waals surface area contributed by atoms with Crippen molar-refractivity contribution >= 4 is 22.5 Å². The Balaban J connectivity index is 1.48. The van der Waals surface area contributed by atoms with Crippen LogP contribution in [0.3, 0.4) is 0 Å². The van der Waals surface area contributed by atoms with Crippen molar-refractivity contribution in [3.63, 3.8) is 0 Å². The van der Waals surface area contributed by atoms with Crippen molar-refractivity contribution in [3.8, 4) is 6.07 Å². The second-order valence-corrected chi connectivity index (χ2v) is 8.29. The number of nitrogens with zero attached hydrogens (tertiary/aromatic N) is 3. The second-order valence-electron chi connectivity index (χ2n) is 8.29. The summed E-state index contributed by atoms with van der Waals surface area (Å²) in [4.78, 5) is 18.3. The first-order valence-electron chi connectivity index (χ1n) is 10.8. The maximum Gasteiger partial charge on any atom is 0.433 e. The van der Waals surface area contributed by atoms with Crippen molar-refractivity contribution in [2.45, 2.75) is 43.9 Å². The van der Waals surface area contributed by atoms with Gasteiger partial charge in [0.25, 0.3) is 5.91 Å². The quantitative estimate of drug-likeness (QED) is 0.583. The third kappa shape index (κ3) is 4.77. The van der Waals surface area contributed by atoms with Gasteiger partial charge in [0.1, 0.15) is 5.69 Å². The number of amides is 1. The fourth-order valence-corrected chi connectivity index (χ4v) is 4.44. The number of hydrogen-bond acceptors (Lipinski definition) is 4. The molecular formula is C25H23F3N4O. The Morgan fingerprint density at radius 3 is 2.45 bits per heavy atom. The molecule has 1 saturated carbocycles. The van der Waals surface area contributed by atoms with E-state index in [1.807, 2.05) is 18.0 Å². The van der Waals surface area contributed by atoms with E-state index in [2.05, 4.69) is 10.3 Å². The highest BCUT2D eigenvalue weighted by Crippen LogP contribution is 2.36. The predicted molar refractivity (Wildman–Crippen MR) is 120 cm³/mol. The molecule has 0 radical (unpaired) electrons. The minimum absolute atomic E-state index is 0.0384. The highest BCUT2D eigenvalue weighted by Gasteiger charge is 2.34. The fourth-order valence-electron chi connectivity index (χ4n) is 4.44. The maximum atomic E-state index is 13.4. The van der Waals surface area contributed by atoms with Gasteiger partial charge in [0.15, 0.2) is 0 Å². The van der Waals surface area contributed by atoms with Gasteiger partial charge in [0.2, 0.25) is 0 Å². The number of carbonyl (C=O) groups excluding carboxylic acids is 1. The summed E-state index contributed by atoms with van der Waals surface area (Å²) in [7, 11) is 1.81. The molecule has 1 aromatic heterocycles. The minimum Gasteiger partial charge on any atom is -0.371 e. The van der Waals surface area contributed by atoms with Gasteiger partial charge >= 0.3 is 6.18 Å². The van der Waals surface area contributed by atoms with Crippen LogP contribution in [-0.2, 0) is 6.18 Å². The molecule has 1 amide bonds. The number of pyridine rings is 1. The summed E-state index contributed by atoms with van der Waals surface area (Å²) in [6, 6.07) is 16.6. The van der Waals surface area contributed by atoms with Gasteiger partial charge in [0.05, 0.1) is 22.7 Å². The van der Waals surface area contributed by atoms with Crippen LogP contribution < -0.4 is 10.2 Å². The number of nitriles is 1. The molecule has 1 fully saturated rings. The van der Waals surface area contributed by atoms with Crippen LogP contribution in [0.4, 0.5) is 18.9 Å². The highest BCUT2D eigenvalue weighted by atomic mass is 19.4. The number of rotatable bonds is 4. The molecule has 1 heterocycles. The molecule has 33 heavy (non-hydrogen) atoms. The van der Waals surface area contributed by atoms with Crippen LogP contribution in [0.5, 0.6) is 0 Å². The lowest BCUT2D eigenvalue weighted by molar-refractivity contribution is -0.140. The number of hydrogen-bond donors (Lipinski definition) is 1. The van der Waals surface area contributed by atoms with Gasteiger partial charge in [0, 0.05) is 30.2 Å². The van der Waals surface area contributed by atoms with Crippen LogP contribution >= 0.6 is 0 Å². The number of nitrogens with one attached hydrogen (secondary N) is 1. The standard InChI is InChI=1S/C25H23F3N4O/c1-32(22-14-23(25(26,27)28)31-21-9-5-4-8-20(21)22)18-12-10-17(11-13-18)30-24(33)19-7-3-2-6-16(19)15-29/h2-9,14,17-18H,10-13H2,1H3,(H,30,33). The second kappa shape index (κ2) is 9.10. The maximum absolute atomic E-state index is 13.4. The van der Waals surface area contributed by atoms with E-state index in [0.717, 1.165) is 18.9 Å². The fraction of sp³-hybridized carbons (Fsp3) is 0.320. The van der Waals surface area contributed by atoms with E-state index in [9.17, 15) is 23.2 Å².